The standard InChI is InChI=1S/C14H26N2O3S/c1-3-5-8-12-14(17)16(13(4-2)15-12)10-11-7-6-9-20(11,18)19/h11-13,15H,3-10H2,1-2H3. The fourth-order valence-corrected chi connectivity index (χ4v) is 5.02. The number of amides is 1. The van der Waals surface area contributed by atoms with Gasteiger partial charge in [0, 0.05) is 6.54 Å². The van der Waals surface area contributed by atoms with Gasteiger partial charge in [-0.25, -0.2) is 8.42 Å². The second-order valence-electron chi connectivity index (χ2n) is 5.91. The second kappa shape index (κ2) is 6.43. The first-order chi connectivity index (χ1) is 9.49. The van der Waals surface area contributed by atoms with Crippen LogP contribution in [0.2, 0.25) is 0 Å². The molecule has 2 rings (SSSR count). The van der Waals surface area contributed by atoms with Gasteiger partial charge >= 0.3 is 0 Å². The summed E-state index contributed by atoms with van der Waals surface area (Å²) >= 11 is 0. The van der Waals surface area contributed by atoms with Crippen LogP contribution < -0.4 is 5.32 Å². The number of carbonyl (C=O) groups excluding carboxylic acids is 1. The summed E-state index contributed by atoms with van der Waals surface area (Å²) in [6, 6.07) is -0.121. The molecule has 0 spiro atoms. The molecule has 5 nitrogen and oxygen atoms in total. The van der Waals surface area contributed by atoms with Crippen molar-refractivity contribution in [2.75, 3.05) is 12.3 Å². The Morgan fingerprint density at radius 2 is 2.10 bits per heavy atom. The first kappa shape index (κ1) is 15.8. The molecular formula is C14H26N2O3S. The van der Waals surface area contributed by atoms with Crippen LogP contribution in [0.1, 0.15) is 52.4 Å². The molecule has 0 aromatic heterocycles. The van der Waals surface area contributed by atoms with Gasteiger partial charge in [0.15, 0.2) is 9.84 Å². The van der Waals surface area contributed by atoms with Gasteiger partial charge in [-0.15, -0.1) is 0 Å². The monoisotopic (exact) mass is 302 g/mol. The van der Waals surface area contributed by atoms with Crippen molar-refractivity contribution in [1.82, 2.24) is 10.2 Å². The van der Waals surface area contributed by atoms with Crippen molar-refractivity contribution >= 4 is 15.7 Å². The first-order valence-corrected chi connectivity index (χ1v) is 9.49. The number of rotatable bonds is 6. The zero-order valence-corrected chi connectivity index (χ0v) is 13.3. The van der Waals surface area contributed by atoms with Crippen LogP contribution in [0.4, 0.5) is 0 Å². The number of nitrogens with one attached hydrogen (secondary N) is 1. The Bertz CT molecular complexity index is 449. The third-order valence-electron chi connectivity index (χ3n) is 4.45. The van der Waals surface area contributed by atoms with E-state index >= 15 is 0 Å². The lowest BCUT2D eigenvalue weighted by molar-refractivity contribution is -0.130. The molecule has 3 atom stereocenters. The van der Waals surface area contributed by atoms with E-state index in [1.54, 1.807) is 4.90 Å². The van der Waals surface area contributed by atoms with Crippen LogP contribution in [0, 0.1) is 0 Å². The molecule has 0 radical (unpaired) electrons. The van der Waals surface area contributed by atoms with Crippen LogP contribution in [-0.4, -0.2) is 49.0 Å². The molecule has 1 N–H and O–H groups in total. The van der Waals surface area contributed by atoms with Crippen LogP contribution >= 0.6 is 0 Å². The SMILES string of the molecule is CCCCC1NC(CC)N(CC2CCCS2(=O)=O)C1=O. The van der Waals surface area contributed by atoms with Crippen LogP contribution in [0.3, 0.4) is 0 Å². The van der Waals surface area contributed by atoms with Crippen molar-refractivity contribution < 1.29 is 13.2 Å². The Kier molecular flexibility index (Phi) is 5.07. The highest BCUT2D eigenvalue weighted by Crippen LogP contribution is 2.25. The molecular weight excluding hydrogens is 276 g/mol. The summed E-state index contributed by atoms with van der Waals surface area (Å²) in [4.78, 5) is 14.2. The van der Waals surface area contributed by atoms with Gasteiger partial charge < -0.3 is 4.90 Å². The Labute approximate surface area is 122 Å². The number of nitrogens with zero attached hydrogens (tertiary/aromatic N) is 1. The van der Waals surface area contributed by atoms with Crippen molar-refractivity contribution in [2.24, 2.45) is 0 Å². The Balaban J connectivity index is 2.03. The maximum atomic E-state index is 12.4. The zero-order chi connectivity index (χ0) is 14.8. The molecule has 0 aromatic rings. The van der Waals surface area contributed by atoms with Crippen molar-refractivity contribution in [2.45, 2.75) is 69.8 Å². The van der Waals surface area contributed by atoms with Crippen molar-refractivity contribution in [1.29, 1.82) is 0 Å². The normalized spacial score (nSPS) is 33.0. The fraction of sp³-hybridized carbons (Fsp3) is 0.929. The molecule has 0 aromatic carbocycles. The number of hydrogen-bond acceptors (Lipinski definition) is 4. The lowest BCUT2D eigenvalue weighted by Gasteiger charge is -2.25. The maximum absolute atomic E-state index is 12.4. The molecule has 2 saturated heterocycles. The number of hydrogen-bond donors (Lipinski definition) is 1. The summed E-state index contributed by atoms with van der Waals surface area (Å²) in [6.07, 6.45) is 5.19. The lowest BCUT2D eigenvalue weighted by atomic mass is 10.1. The highest BCUT2D eigenvalue weighted by atomic mass is 32.2. The van der Waals surface area contributed by atoms with Gasteiger partial charge in [-0.2, -0.15) is 0 Å². The Morgan fingerprint density at radius 3 is 2.65 bits per heavy atom. The van der Waals surface area contributed by atoms with E-state index in [0.29, 0.717) is 13.0 Å². The minimum absolute atomic E-state index is 0.000145. The molecule has 2 fully saturated rings. The summed E-state index contributed by atoms with van der Waals surface area (Å²) in [5, 5.41) is 3.00. The molecule has 0 aliphatic carbocycles. The third kappa shape index (κ3) is 3.17. The van der Waals surface area contributed by atoms with E-state index in [0.717, 1.165) is 32.1 Å². The molecule has 2 aliphatic heterocycles. The predicted molar refractivity (Wildman–Crippen MR) is 79.0 cm³/mol. The minimum Gasteiger partial charge on any atom is -0.325 e. The van der Waals surface area contributed by atoms with Gasteiger partial charge in [-0.3, -0.25) is 10.1 Å². The van der Waals surface area contributed by atoms with E-state index < -0.39 is 9.84 Å². The summed E-state index contributed by atoms with van der Waals surface area (Å²) in [6.45, 7) is 4.51. The molecule has 6 heteroatoms. The highest BCUT2D eigenvalue weighted by Gasteiger charge is 2.41. The van der Waals surface area contributed by atoms with Gasteiger partial charge in [0.1, 0.15) is 0 Å². The lowest BCUT2D eigenvalue weighted by Crippen LogP contribution is -2.42. The molecule has 0 bridgehead atoms. The van der Waals surface area contributed by atoms with Crippen molar-refractivity contribution in [3.05, 3.63) is 0 Å². The minimum atomic E-state index is -2.99. The van der Waals surface area contributed by atoms with Gasteiger partial charge in [-0.05, 0) is 25.7 Å². The molecule has 116 valence electrons. The van der Waals surface area contributed by atoms with Crippen LogP contribution in [0.5, 0.6) is 0 Å². The average Bonchev–Trinajstić information content (AvgIpc) is 2.89. The van der Waals surface area contributed by atoms with Gasteiger partial charge in [-0.1, -0.05) is 26.7 Å². The predicted octanol–water partition coefficient (Wildman–Crippen LogP) is 1.29. The summed E-state index contributed by atoms with van der Waals surface area (Å²) in [5.41, 5.74) is 0. The van der Waals surface area contributed by atoms with Crippen molar-refractivity contribution in [3.8, 4) is 0 Å². The topological polar surface area (TPSA) is 66.5 Å². The van der Waals surface area contributed by atoms with Crippen LogP contribution in [-0.2, 0) is 14.6 Å². The largest absolute Gasteiger partial charge is 0.325 e. The quantitative estimate of drug-likeness (QED) is 0.803. The number of carbonyl (C=O) groups is 1. The Morgan fingerprint density at radius 1 is 1.35 bits per heavy atom. The van der Waals surface area contributed by atoms with Gasteiger partial charge in [0.05, 0.1) is 23.2 Å². The van der Waals surface area contributed by atoms with E-state index in [2.05, 4.69) is 12.2 Å². The second-order valence-corrected chi connectivity index (χ2v) is 8.31. The fourth-order valence-electron chi connectivity index (χ4n) is 3.20. The molecule has 3 unspecified atom stereocenters. The molecule has 2 heterocycles. The summed E-state index contributed by atoms with van der Waals surface area (Å²) in [5.74, 6) is 0.371. The number of unbranched alkanes of at least 4 members (excludes halogenated alkanes) is 1. The van der Waals surface area contributed by atoms with Crippen LogP contribution in [0.25, 0.3) is 0 Å². The number of sulfone groups is 1. The molecule has 0 saturated carbocycles. The summed E-state index contributed by atoms with van der Waals surface area (Å²) < 4.78 is 23.9. The van der Waals surface area contributed by atoms with Gasteiger partial charge in [0.2, 0.25) is 5.91 Å². The van der Waals surface area contributed by atoms with E-state index in [1.165, 1.54) is 0 Å². The van der Waals surface area contributed by atoms with E-state index in [4.69, 9.17) is 0 Å². The van der Waals surface area contributed by atoms with E-state index in [1.807, 2.05) is 6.92 Å². The average molecular weight is 302 g/mol. The van der Waals surface area contributed by atoms with E-state index in [-0.39, 0.29) is 29.1 Å². The van der Waals surface area contributed by atoms with E-state index in [9.17, 15) is 13.2 Å². The summed E-state index contributed by atoms with van der Waals surface area (Å²) in [7, 11) is -2.99. The van der Waals surface area contributed by atoms with Gasteiger partial charge in [0.25, 0.3) is 0 Å². The first-order valence-electron chi connectivity index (χ1n) is 7.77. The van der Waals surface area contributed by atoms with Crippen molar-refractivity contribution in [3.63, 3.8) is 0 Å². The molecule has 20 heavy (non-hydrogen) atoms. The maximum Gasteiger partial charge on any atom is 0.241 e. The Hall–Kier alpha value is -0.620. The zero-order valence-electron chi connectivity index (χ0n) is 12.5. The molecule has 2 aliphatic rings. The third-order valence-corrected chi connectivity index (χ3v) is 6.71. The smallest absolute Gasteiger partial charge is 0.241 e. The highest BCUT2D eigenvalue weighted by molar-refractivity contribution is 7.92. The van der Waals surface area contributed by atoms with Crippen LogP contribution in [0.15, 0.2) is 0 Å². The molecule has 1 amide bonds.